The number of hydrogen-bond donors (Lipinski definition) is 2. The van der Waals surface area contributed by atoms with Gasteiger partial charge in [0.2, 0.25) is 5.91 Å². The van der Waals surface area contributed by atoms with E-state index in [0.717, 1.165) is 30.7 Å². The Hall–Kier alpha value is -1.62. The van der Waals surface area contributed by atoms with E-state index in [2.05, 4.69) is 17.6 Å². The van der Waals surface area contributed by atoms with Gasteiger partial charge in [-0.2, -0.15) is 0 Å². The molecule has 0 fully saturated rings. The lowest BCUT2D eigenvalue weighted by Crippen LogP contribution is -2.33. The number of anilines is 1. The molecule has 0 saturated heterocycles. The van der Waals surface area contributed by atoms with Crippen LogP contribution < -0.4 is 15.4 Å². The van der Waals surface area contributed by atoms with Crippen LogP contribution in [-0.4, -0.2) is 17.6 Å². The molecule has 1 amide bonds. The predicted molar refractivity (Wildman–Crippen MR) is 86.1 cm³/mol. The summed E-state index contributed by atoms with van der Waals surface area (Å²) in [6, 6.07) is 7.44. The van der Waals surface area contributed by atoms with Gasteiger partial charge in [0.05, 0.1) is 6.61 Å². The van der Waals surface area contributed by atoms with Crippen LogP contribution in [0.2, 0.25) is 0 Å². The molecule has 2 N–H and O–H groups in total. The van der Waals surface area contributed by atoms with E-state index in [4.69, 9.17) is 17.0 Å². The number of ether oxygens (including phenoxy) is 1. The Morgan fingerprint density at radius 2 is 1.90 bits per heavy atom. The Bertz CT molecular complexity index is 432. The average molecular weight is 294 g/mol. The number of benzene rings is 1. The highest BCUT2D eigenvalue weighted by Gasteiger charge is 2.04. The first-order valence-corrected chi connectivity index (χ1v) is 7.40. The second kappa shape index (κ2) is 9.31. The molecular formula is C15H22N2O2S. The Morgan fingerprint density at radius 1 is 1.20 bits per heavy atom. The smallest absolute Gasteiger partial charge is 0.226 e. The first-order chi connectivity index (χ1) is 9.65. The molecule has 0 aliphatic heterocycles. The van der Waals surface area contributed by atoms with Gasteiger partial charge in [-0.1, -0.05) is 19.8 Å². The summed E-state index contributed by atoms with van der Waals surface area (Å²) in [7, 11) is 0. The molecule has 5 heteroatoms. The molecular weight excluding hydrogens is 272 g/mol. The summed E-state index contributed by atoms with van der Waals surface area (Å²) < 4.78 is 5.35. The third kappa shape index (κ3) is 6.52. The first kappa shape index (κ1) is 16.4. The van der Waals surface area contributed by atoms with Gasteiger partial charge in [0.1, 0.15) is 5.75 Å². The van der Waals surface area contributed by atoms with Crippen LogP contribution in [0, 0.1) is 0 Å². The molecule has 1 rings (SSSR count). The Balaban J connectivity index is 2.36. The summed E-state index contributed by atoms with van der Waals surface area (Å²) in [5.74, 6) is 0.773. The third-order valence-electron chi connectivity index (χ3n) is 2.68. The van der Waals surface area contributed by atoms with E-state index < -0.39 is 0 Å². The predicted octanol–water partition coefficient (Wildman–Crippen LogP) is 3.48. The highest BCUT2D eigenvalue weighted by Crippen LogP contribution is 2.15. The maximum absolute atomic E-state index is 11.6. The van der Waals surface area contributed by atoms with Gasteiger partial charge in [-0.15, -0.1) is 0 Å². The van der Waals surface area contributed by atoms with Crippen molar-refractivity contribution >= 4 is 28.9 Å². The molecule has 1 aromatic carbocycles. The van der Waals surface area contributed by atoms with E-state index in [9.17, 15) is 4.79 Å². The van der Waals surface area contributed by atoms with Gasteiger partial charge < -0.3 is 15.4 Å². The van der Waals surface area contributed by atoms with Crippen LogP contribution in [0.3, 0.4) is 0 Å². The van der Waals surface area contributed by atoms with Crippen LogP contribution in [-0.2, 0) is 4.79 Å². The maximum atomic E-state index is 11.6. The number of nitrogens with one attached hydrogen (secondary N) is 2. The number of thiocarbonyl (C=S) groups is 1. The van der Waals surface area contributed by atoms with Crippen molar-refractivity contribution in [2.24, 2.45) is 0 Å². The fraction of sp³-hybridized carbons (Fsp3) is 0.467. The topological polar surface area (TPSA) is 50.4 Å². The van der Waals surface area contributed by atoms with Crippen molar-refractivity contribution in [3.63, 3.8) is 0 Å². The number of amides is 1. The van der Waals surface area contributed by atoms with Crippen molar-refractivity contribution in [1.82, 2.24) is 5.32 Å². The second-order valence-electron chi connectivity index (χ2n) is 4.42. The van der Waals surface area contributed by atoms with Gasteiger partial charge in [0, 0.05) is 12.1 Å². The van der Waals surface area contributed by atoms with Crippen LogP contribution in [0.15, 0.2) is 24.3 Å². The van der Waals surface area contributed by atoms with E-state index in [1.165, 1.54) is 0 Å². The number of carbonyl (C=O) groups excluding carboxylic acids is 1. The SMILES string of the molecule is CCCCCC(=O)NC(=S)Nc1ccc(OCC)cc1. The molecule has 0 bridgehead atoms. The van der Waals surface area contributed by atoms with Crippen molar-refractivity contribution < 1.29 is 9.53 Å². The van der Waals surface area contributed by atoms with Crippen molar-refractivity contribution in [2.75, 3.05) is 11.9 Å². The fourth-order valence-corrected chi connectivity index (χ4v) is 1.92. The van der Waals surface area contributed by atoms with Crippen molar-refractivity contribution in [3.8, 4) is 5.75 Å². The van der Waals surface area contributed by atoms with Gasteiger partial charge in [-0.25, -0.2) is 0 Å². The average Bonchev–Trinajstić information content (AvgIpc) is 2.41. The van der Waals surface area contributed by atoms with E-state index >= 15 is 0 Å². The van der Waals surface area contributed by atoms with E-state index in [1.54, 1.807) is 0 Å². The Kier molecular flexibility index (Phi) is 7.65. The fourth-order valence-electron chi connectivity index (χ4n) is 1.69. The minimum absolute atomic E-state index is 0.0399. The molecule has 0 spiro atoms. The molecule has 0 atom stereocenters. The number of unbranched alkanes of at least 4 members (excludes halogenated alkanes) is 2. The first-order valence-electron chi connectivity index (χ1n) is 6.99. The summed E-state index contributed by atoms with van der Waals surface area (Å²) in [4.78, 5) is 11.6. The molecule has 0 aliphatic rings. The van der Waals surface area contributed by atoms with Gasteiger partial charge >= 0.3 is 0 Å². The minimum atomic E-state index is -0.0399. The summed E-state index contributed by atoms with van der Waals surface area (Å²) in [6.07, 6.45) is 3.57. The van der Waals surface area contributed by atoms with Crippen molar-refractivity contribution in [1.29, 1.82) is 0 Å². The zero-order valence-electron chi connectivity index (χ0n) is 12.1. The maximum Gasteiger partial charge on any atom is 0.226 e. The summed E-state index contributed by atoms with van der Waals surface area (Å²) in [5.41, 5.74) is 0.826. The van der Waals surface area contributed by atoms with Crippen LogP contribution in [0.1, 0.15) is 39.5 Å². The molecule has 4 nitrogen and oxygen atoms in total. The van der Waals surface area contributed by atoms with Crippen molar-refractivity contribution in [3.05, 3.63) is 24.3 Å². The molecule has 1 aromatic rings. The molecule has 0 radical (unpaired) electrons. The van der Waals surface area contributed by atoms with Gasteiger partial charge in [-0.3, -0.25) is 4.79 Å². The monoisotopic (exact) mass is 294 g/mol. The van der Waals surface area contributed by atoms with Gasteiger partial charge in [0.25, 0.3) is 0 Å². The van der Waals surface area contributed by atoms with Crippen LogP contribution >= 0.6 is 12.2 Å². The summed E-state index contributed by atoms with van der Waals surface area (Å²) in [6.45, 7) is 4.68. The van der Waals surface area contributed by atoms with Crippen LogP contribution in [0.25, 0.3) is 0 Å². The number of hydrogen-bond acceptors (Lipinski definition) is 3. The minimum Gasteiger partial charge on any atom is -0.494 e. The number of rotatable bonds is 7. The van der Waals surface area contributed by atoms with Crippen LogP contribution in [0.4, 0.5) is 5.69 Å². The highest BCUT2D eigenvalue weighted by molar-refractivity contribution is 7.80. The molecule has 20 heavy (non-hydrogen) atoms. The Morgan fingerprint density at radius 3 is 2.50 bits per heavy atom. The largest absolute Gasteiger partial charge is 0.494 e. The number of carbonyl (C=O) groups is 1. The van der Waals surface area contributed by atoms with E-state index in [-0.39, 0.29) is 5.91 Å². The molecule has 0 aromatic heterocycles. The zero-order chi connectivity index (χ0) is 14.8. The van der Waals surface area contributed by atoms with Crippen LogP contribution in [0.5, 0.6) is 5.75 Å². The summed E-state index contributed by atoms with van der Waals surface area (Å²) in [5, 5.41) is 5.98. The third-order valence-corrected chi connectivity index (χ3v) is 2.89. The van der Waals surface area contributed by atoms with E-state index in [0.29, 0.717) is 18.1 Å². The normalized spacial score (nSPS) is 9.90. The lowest BCUT2D eigenvalue weighted by atomic mass is 10.2. The summed E-state index contributed by atoms with van der Waals surface area (Å²) >= 11 is 5.10. The molecule has 0 aliphatic carbocycles. The molecule has 0 heterocycles. The van der Waals surface area contributed by atoms with Crippen molar-refractivity contribution in [2.45, 2.75) is 39.5 Å². The zero-order valence-corrected chi connectivity index (χ0v) is 12.9. The highest BCUT2D eigenvalue weighted by atomic mass is 32.1. The molecule has 110 valence electrons. The lowest BCUT2D eigenvalue weighted by molar-refractivity contribution is -0.119. The molecule has 0 unspecified atom stereocenters. The van der Waals surface area contributed by atoms with E-state index in [1.807, 2.05) is 31.2 Å². The molecule has 0 saturated carbocycles. The second-order valence-corrected chi connectivity index (χ2v) is 4.83. The standard InChI is InChI=1S/C15H22N2O2S/c1-3-5-6-7-14(18)17-15(20)16-12-8-10-13(11-9-12)19-4-2/h8-11H,3-7H2,1-2H3,(H2,16,17,18,20). The quantitative estimate of drug-likeness (QED) is 0.597. The van der Waals surface area contributed by atoms with Gasteiger partial charge in [-0.05, 0) is 49.8 Å². The lowest BCUT2D eigenvalue weighted by Gasteiger charge is -2.10. The van der Waals surface area contributed by atoms with Gasteiger partial charge in [0.15, 0.2) is 5.11 Å². The Labute approximate surface area is 125 Å².